The van der Waals surface area contributed by atoms with Gasteiger partial charge in [0.25, 0.3) is 11.8 Å². The normalized spacial score (nSPS) is 10.9. The lowest BCUT2D eigenvalue weighted by Crippen LogP contribution is -2.30. The number of anilines is 1. The number of amides is 2. The van der Waals surface area contributed by atoms with Gasteiger partial charge in [0, 0.05) is 11.3 Å². The second-order valence-corrected chi connectivity index (χ2v) is 6.20. The molecular weight excluding hydrogens is 364 g/mol. The molecule has 0 aliphatic rings. The number of carbonyl (C=O) groups is 2. The average Bonchev–Trinajstić information content (AvgIpc) is 2.76. The van der Waals surface area contributed by atoms with Crippen LogP contribution >= 0.6 is 0 Å². The van der Waals surface area contributed by atoms with Crippen molar-refractivity contribution >= 4 is 23.6 Å². The van der Waals surface area contributed by atoms with E-state index in [-0.39, 0.29) is 11.6 Å². The summed E-state index contributed by atoms with van der Waals surface area (Å²) in [6, 6.07) is 25.1. The van der Waals surface area contributed by atoms with Crippen LogP contribution in [0.2, 0.25) is 0 Å². The fraction of sp³-hybridized carbons (Fsp3) is 0.0833. The molecule has 0 radical (unpaired) electrons. The Labute approximate surface area is 170 Å². The van der Waals surface area contributed by atoms with Crippen molar-refractivity contribution in [2.75, 3.05) is 11.9 Å². The highest BCUT2D eigenvalue weighted by atomic mass is 16.5. The number of hydrogen-bond acceptors (Lipinski definition) is 3. The fourth-order valence-corrected chi connectivity index (χ4v) is 2.66. The Kier molecular flexibility index (Phi) is 6.79. The summed E-state index contributed by atoms with van der Waals surface area (Å²) >= 11 is 0. The van der Waals surface area contributed by atoms with Crippen molar-refractivity contribution in [3.63, 3.8) is 0 Å². The molecule has 0 saturated carbocycles. The molecule has 0 heterocycles. The predicted molar refractivity (Wildman–Crippen MR) is 115 cm³/mol. The Morgan fingerprint density at radius 1 is 0.862 bits per heavy atom. The van der Waals surface area contributed by atoms with Crippen molar-refractivity contribution in [1.82, 2.24) is 5.32 Å². The molecule has 0 unspecified atom stereocenters. The molecule has 146 valence electrons. The number of nitrogens with one attached hydrogen (secondary N) is 2. The summed E-state index contributed by atoms with van der Waals surface area (Å²) in [6.07, 6.45) is 1.63. The van der Waals surface area contributed by atoms with Crippen LogP contribution in [0.3, 0.4) is 0 Å². The molecule has 0 aliphatic heterocycles. The Morgan fingerprint density at radius 2 is 1.48 bits per heavy atom. The summed E-state index contributed by atoms with van der Waals surface area (Å²) in [5.74, 6) is -0.0198. The molecule has 3 aromatic rings. The topological polar surface area (TPSA) is 67.4 Å². The maximum absolute atomic E-state index is 12.8. The van der Waals surface area contributed by atoms with Crippen LogP contribution in [0.25, 0.3) is 6.08 Å². The van der Waals surface area contributed by atoms with Crippen LogP contribution in [-0.2, 0) is 4.79 Å². The minimum Gasteiger partial charge on any atom is -0.494 e. The minimum atomic E-state index is -0.408. The molecule has 5 nitrogen and oxygen atoms in total. The molecule has 0 atom stereocenters. The summed E-state index contributed by atoms with van der Waals surface area (Å²) in [6.45, 7) is 2.49. The second kappa shape index (κ2) is 9.90. The van der Waals surface area contributed by atoms with Crippen LogP contribution in [0.15, 0.2) is 90.6 Å². The molecule has 0 saturated heterocycles. The largest absolute Gasteiger partial charge is 0.494 e. The first-order chi connectivity index (χ1) is 14.2. The van der Waals surface area contributed by atoms with E-state index in [0.29, 0.717) is 17.9 Å². The smallest absolute Gasteiger partial charge is 0.272 e. The van der Waals surface area contributed by atoms with Gasteiger partial charge in [-0.15, -0.1) is 0 Å². The van der Waals surface area contributed by atoms with E-state index in [1.54, 1.807) is 42.5 Å². The molecule has 29 heavy (non-hydrogen) atoms. The minimum absolute atomic E-state index is 0.145. The molecule has 2 amide bonds. The van der Waals surface area contributed by atoms with Crippen LogP contribution in [0.1, 0.15) is 22.8 Å². The first-order valence-electron chi connectivity index (χ1n) is 9.33. The van der Waals surface area contributed by atoms with Gasteiger partial charge in [-0.3, -0.25) is 9.59 Å². The average molecular weight is 386 g/mol. The molecule has 3 aromatic carbocycles. The molecule has 5 heteroatoms. The molecular formula is C24H22N2O3. The van der Waals surface area contributed by atoms with E-state index >= 15 is 0 Å². The van der Waals surface area contributed by atoms with Gasteiger partial charge in [-0.1, -0.05) is 48.5 Å². The van der Waals surface area contributed by atoms with E-state index in [0.717, 1.165) is 11.3 Å². The Balaban J connectivity index is 1.85. The zero-order valence-corrected chi connectivity index (χ0v) is 16.1. The summed E-state index contributed by atoms with van der Waals surface area (Å²) in [7, 11) is 0. The third kappa shape index (κ3) is 5.81. The number of rotatable bonds is 7. The molecule has 2 N–H and O–H groups in total. The van der Waals surface area contributed by atoms with E-state index in [4.69, 9.17) is 4.74 Å². The number of carbonyl (C=O) groups excluding carboxylic acids is 2. The zero-order chi connectivity index (χ0) is 20.5. The predicted octanol–water partition coefficient (Wildman–Crippen LogP) is 4.49. The van der Waals surface area contributed by atoms with Crippen LogP contribution in [0.4, 0.5) is 5.69 Å². The lowest BCUT2D eigenvalue weighted by atomic mass is 10.1. The van der Waals surface area contributed by atoms with E-state index in [1.807, 2.05) is 55.5 Å². The van der Waals surface area contributed by atoms with Gasteiger partial charge in [-0.05, 0) is 55.0 Å². The van der Waals surface area contributed by atoms with E-state index in [1.165, 1.54) is 0 Å². The lowest BCUT2D eigenvalue weighted by Gasteiger charge is -2.11. The van der Waals surface area contributed by atoms with Gasteiger partial charge in [0.2, 0.25) is 0 Å². The van der Waals surface area contributed by atoms with Crippen molar-refractivity contribution in [3.05, 3.63) is 102 Å². The molecule has 0 fully saturated rings. The van der Waals surface area contributed by atoms with Crippen molar-refractivity contribution in [1.29, 1.82) is 0 Å². The monoisotopic (exact) mass is 386 g/mol. The van der Waals surface area contributed by atoms with Gasteiger partial charge in [0.05, 0.1) is 6.61 Å². The number of para-hydroxylation sites is 1. The standard InChI is InChI=1S/C24H22N2O3/c1-2-29-21-15-13-18(14-16-21)17-22(24(28)25-20-11-7-4-8-12-20)26-23(27)19-9-5-3-6-10-19/h3-17H,2H2,1H3,(H,25,28)(H,26,27). The van der Waals surface area contributed by atoms with Gasteiger partial charge >= 0.3 is 0 Å². The third-order valence-electron chi connectivity index (χ3n) is 4.06. The Bertz CT molecular complexity index is 982. The maximum Gasteiger partial charge on any atom is 0.272 e. The molecule has 0 aliphatic carbocycles. The highest BCUT2D eigenvalue weighted by Crippen LogP contribution is 2.15. The van der Waals surface area contributed by atoms with Crippen molar-refractivity contribution in [2.24, 2.45) is 0 Å². The fourth-order valence-electron chi connectivity index (χ4n) is 2.66. The highest BCUT2D eigenvalue weighted by molar-refractivity contribution is 6.10. The zero-order valence-electron chi connectivity index (χ0n) is 16.1. The van der Waals surface area contributed by atoms with Gasteiger partial charge in [0.1, 0.15) is 11.4 Å². The first kappa shape index (κ1) is 19.9. The Morgan fingerprint density at radius 3 is 2.10 bits per heavy atom. The number of hydrogen-bond donors (Lipinski definition) is 2. The summed E-state index contributed by atoms with van der Waals surface area (Å²) in [5.41, 5.74) is 2.02. The molecule has 0 bridgehead atoms. The van der Waals surface area contributed by atoms with Crippen molar-refractivity contribution < 1.29 is 14.3 Å². The molecule has 3 rings (SSSR count). The Hall–Kier alpha value is -3.86. The lowest BCUT2D eigenvalue weighted by molar-refractivity contribution is -0.113. The quantitative estimate of drug-likeness (QED) is 0.588. The highest BCUT2D eigenvalue weighted by Gasteiger charge is 2.15. The summed E-state index contributed by atoms with van der Waals surface area (Å²) in [4.78, 5) is 25.4. The summed E-state index contributed by atoms with van der Waals surface area (Å²) < 4.78 is 5.44. The molecule has 0 spiro atoms. The number of benzene rings is 3. The van der Waals surface area contributed by atoms with Crippen LogP contribution in [0, 0.1) is 0 Å². The maximum atomic E-state index is 12.8. The molecule has 0 aromatic heterocycles. The third-order valence-corrected chi connectivity index (χ3v) is 4.06. The van der Waals surface area contributed by atoms with Gasteiger partial charge in [-0.2, -0.15) is 0 Å². The van der Waals surface area contributed by atoms with Crippen molar-refractivity contribution in [3.8, 4) is 5.75 Å². The SMILES string of the molecule is CCOc1ccc(C=C(NC(=O)c2ccccc2)C(=O)Nc2ccccc2)cc1. The number of ether oxygens (including phenoxy) is 1. The van der Waals surface area contributed by atoms with Gasteiger partial charge in [0.15, 0.2) is 0 Å². The van der Waals surface area contributed by atoms with Crippen LogP contribution in [0.5, 0.6) is 5.75 Å². The first-order valence-corrected chi connectivity index (χ1v) is 9.33. The van der Waals surface area contributed by atoms with E-state index < -0.39 is 5.91 Å². The van der Waals surface area contributed by atoms with Crippen LogP contribution < -0.4 is 15.4 Å². The van der Waals surface area contributed by atoms with E-state index in [9.17, 15) is 9.59 Å². The second-order valence-electron chi connectivity index (χ2n) is 6.20. The van der Waals surface area contributed by atoms with Gasteiger partial charge in [-0.25, -0.2) is 0 Å². The summed E-state index contributed by atoms with van der Waals surface area (Å²) in [5, 5.41) is 5.52. The van der Waals surface area contributed by atoms with Gasteiger partial charge < -0.3 is 15.4 Å². The van der Waals surface area contributed by atoms with Crippen LogP contribution in [-0.4, -0.2) is 18.4 Å². The van der Waals surface area contributed by atoms with E-state index in [2.05, 4.69) is 10.6 Å². The van der Waals surface area contributed by atoms with Crippen molar-refractivity contribution in [2.45, 2.75) is 6.92 Å².